The number of carbonyl (C=O) groups excluding carboxylic acids is 2. The maximum atomic E-state index is 12.2. The van der Waals surface area contributed by atoms with E-state index in [9.17, 15) is 14.4 Å². The molecule has 0 aromatic carbocycles. The van der Waals surface area contributed by atoms with E-state index in [0.717, 1.165) is 0 Å². The number of carboxylic acid groups (broad SMARTS) is 1. The molecule has 1 unspecified atom stereocenters. The predicted molar refractivity (Wildman–Crippen MR) is 74.2 cm³/mol. The average Bonchev–Trinajstić information content (AvgIpc) is 3.01. The molecule has 0 radical (unpaired) electrons. The zero-order chi connectivity index (χ0) is 15.9. The zero-order valence-electron chi connectivity index (χ0n) is 12.0. The van der Waals surface area contributed by atoms with Crippen molar-refractivity contribution in [2.45, 2.75) is 18.9 Å². The van der Waals surface area contributed by atoms with Gasteiger partial charge in [-0.15, -0.1) is 0 Å². The Morgan fingerprint density at radius 1 is 1.41 bits per heavy atom. The Labute approximate surface area is 127 Å². The number of morpholine rings is 1. The number of carbonyl (C=O) groups is 3. The molecule has 1 atom stereocenters. The summed E-state index contributed by atoms with van der Waals surface area (Å²) in [5.41, 5.74) is 0. The van der Waals surface area contributed by atoms with Crippen LogP contribution in [-0.2, 0) is 14.3 Å². The largest absolute Gasteiger partial charge is 0.481 e. The molecule has 2 N–H and O–H groups in total. The lowest BCUT2D eigenvalue weighted by Crippen LogP contribution is -2.50. The number of nitrogens with one attached hydrogen (secondary N) is 1. The fraction of sp³-hybridized carbons (Fsp3) is 0.500. The van der Waals surface area contributed by atoms with Gasteiger partial charge in [-0.2, -0.15) is 0 Å². The van der Waals surface area contributed by atoms with Gasteiger partial charge in [-0.05, 0) is 12.1 Å². The van der Waals surface area contributed by atoms with Crippen molar-refractivity contribution >= 4 is 17.8 Å². The Balaban J connectivity index is 1.80. The number of aliphatic carboxylic acids is 1. The quantitative estimate of drug-likeness (QED) is 0.771. The monoisotopic (exact) mass is 310 g/mol. The summed E-state index contributed by atoms with van der Waals surface area (Å²) in [5, 5.41) is 11.4. The lowest BCUT2D eigenvalue weighted by Gasteiger charge is -2.34. The van der Waals surface area contributed by atoms with Gasteiger partial charge in [0.05, 0.1) is 31.9 Å². The molecule has 2 rings (SSSR count). The van der Waals surface area contributed by atoms with Gasteiger partial charge in [0.1, 0.15) is 0 Å². The summed E-state index contributed by atoms with van der Waals surface area (Å²) in [7, 11) is 0. The van der Waals surface area contributed by atoms with E-state index in [0.29, 0.717) is 13.2 Å². The first-order valence-corrected chi connectivity index (χ1v) is 6.98. The van der Waals surface area contributed by atoms with Crippen molar-refractivity contribution < 1.29 is 28.6 Å². The third-order valence-corrected chi connectivity index (χ3v) is 3.33. The molecule has 1 saturated heterocycles. The fourth-order valence-corrected chi connectivity index (χ4v) is 2.28. The van der Waals surface area contributed by atoms with Crippen LogP contribution in [0.3, 0.4) is 0 Å². The second kappa shape index (κ2) is 7.60. The minimum atomic E-state index is -0.973. The summed E-state index contributed by atoms with van der Waals surface area (Å²) in [6, 6.07) is 2.67. The highest BCUT2D eigenvalue weighted by atomic mass is 16.5. The van der Waals surface area contributed by atoms with E-state index in [2.05, 4.69) is 5.32 Å². The van der Waals surface area contributed by atoms with Crippen LogP contribution in [0.5, 0.6) is 0 Å². The number of rotatable bonds is 6. The average molecular weight is 310 g/mol. The second-order valence-electron chi connectivity index (χ2n) is 4.90. The van der Waals surface area contributed by atoms with Crippen LogP contribution in [0.15, 0.2) is 22.8 Å². The topological polar surface area (TPSA) is 109 Å². The smallest absolute Gasteiger partial charge is 0.305 e. The van der Waals surface area contributed by atoms with Crippen molar-refractivity contribution in [1.82, 2.24) is 10.2 Å². The molecule has 1 aromatic rings. The number of nitrogens with zero attached hydrogens (tertiary/aromatic N) is 1. The summed E-state index contributed by atoms with van der Waals surface area (Å²) in [4.78, 5) is 36.1. The van der Waals surface area contributed by atoms with Crippen molar-refractivity contribution in [2.75, 3.05) is 26.3 Å². The van der Waals surface area contributed by atoms with Gasteiger partial charge in [0.2, 0.25) is 5.91 Å². The molecule has 1 aromatic heterocycles. The molecule has 8 nitrogen and oxygen atoms in total. The fourth-order valence-electron chi connectivity index (χ4n) is 2.28. The Kier molecular flexibility index (Phi) is 5.54. The molecule has 0 aliphatic carbocycles. The third kappa shape index (κ3) is 4.32. The summed E-state index contributed by atoms with van der Waals surface area (Å²) >= 11 is 0. The van der Waals surface area contributed by atoms with Crippen molar-refractivity contribution in [3.63, 3.8) is 0 Å². The molecule has 1 aliphatic rings. The Hall–Kier alpha value is -2.35. The van der Waals surface area contributed by atoms with E-state index >= 15 is 0 Å². The summed E-state index contributed by atoms with van der Waals surface area (Å²) in [5.74, 6) is -1.38. The predicted octanol–water partition coefficient (Wildman–Crippen LogP) is 0.102. The Morgan fingerprint density at radius 2 is 2.23 bits per heavy atom. The van der Waals surface area contributed by atoms with Crippen molar-refractivity contribution in [1.29, 1.82) is 0 Å². The van der Waals surface area contributed by atoms with Gasteiger partial charge in [-0.25, -0.2) is 0 Å². The molecule has 2 amide bonds. The second-order valence-corrected chi connectivity index (χ2v) is 4.90. The number of hydrogen-bond acceptors (Lipinski definition) is 5. The third-order valence-electron chi connectivity index (χ3n) is 3.33. The lowest BCUT2D eigenvalue weighted by atomic mass is 10.1. The number of carboxylic acids is 1. The summed E-state index contributed by atoms with van der Waals surface area (Å²) < 4.78 is 10.2. The van der Waals surface area contributed by atoms with Crippen molar-refractivity contribution in [3.8, 4) is 0 Å². The minimum Gasteiger partial charge on any atom is -0.481 e. The van der Waals surface area contributed by atoms with E-state index in [1.807, 2.05) is 0 Å². The molecule has 0 bridgehead atoms. The maximum Gasteiger partial charge on any atom is 0.305 e. The molecule has 22 heavy (non-hydrogen) atoms. The van der Waals surface area contributed by atoms with Crippen LogP contribution < -0.4 is 5.32 Å². The molecule has 1 fully saturated rings. The molecule has 1 aliphatic heterocycles. The van der Waals surface area contributed by atoms with Gasteiger partial charge >= 0.3 is 5.97 Å². The Morgan fingerprint density at radius 3 is 2.91 bits per heavy atom. The van der Waals surface area contributed by atoms with Crippen LogP contribution in [0.2, 0.25) is 0 Å². The van der Waals surface area contributed by atoms with Gasteiger partial charge in [0, 0.05) is 19.5 Å². The number of hydrogen-bond donors (Lipinski definition) is 2. The van der Waals surface area contributed by atoms with Crippen LogP contribution >= 0.6 is 0 Å². The highest BCUT2D eigenvalue weighted by molar-refractivity contribution is 5.91. The first-order valence-electron chi connectivity index (χ1n) is 6.98. The van der Waals surface area contributed by atoms with E-state index in [1.165, 1.54) is 17.2 Å². The molecular formula is C14H18N2O6. The molecule has 8 heteroatoms. The first kappa shape index (κ1) is 16.0. The van der Waals surface area contributed by atoms with Crippen molar-refractivity contribution in [2.24, 2.45) is 0 Å². The van der Waals surface area contributed by atoms with Gasteiger partial charge < -0.3 is 24.5 Å². The number of amides is 2. The summed E-state index contributed by atoms with van der Waals surface area (Å²) in [6.45, 7) is 1.13. The molecule has 0 spiro atoms. The van der Waals surface area contributed by atoms with Crippen molar-refractivity contribution in [3.05, 3.63) is 24.2 Å². The van der Waals surface area contributed by atoms with Crippen LogP contribution in [0.4, 0.5) is 0 Å². The standard InChI is InChI=1S/C14H18N2O6/c17-12(3-4-15-14(20)11-2-1-6-22-11)16-5-7-21-9-10(16)8-13(18)19/h1-2,6,10H,3-5,7-9H2,(H,15,20)(H,18,19). The van der Waals surface area contributed by atoms with Gasteiger partial charge in [0.25, 0.3) is 5.91 Å². The first-order chi connectivity index (χ1) is 10.6. The number of ether oxygens (including phenoxy) is 1. The van der Waals surface area contributed by atoms with E-state index < -0.39 is 12.0 Å². The normalized spacial score (nSPS) is 18.0. The molecule has 120 valence electrons. The highest BCUT2D eigenvalue weighted by Crippen LogP contribution is 2.12. The number of furan rings is 1. The van der Waals surface area contributed by atoms with Gasteiger partial charge in [0.15, 0.2) is 5.76 Å². The molecule has 2 heterocycles. The van der Waals surface area contributed by atoms with Crippen LogP contribution in [-0.4, -0.2) is 60.1 Å². The summed E-state index contributed by atoms with van der Waals surface area (Å²) in [6.07, 6.45) is 1.34. The van der Waals surface area contributed by atoms with Crippen LogP contribution in [0.1, 0.15) is 23.4 Å². The van der Waals surface area contributed by atoms with Gasteiger partial charge in [-0.1, -0.05) is 0 Å². The SMILES string of the molecule is O=C(O)CC1COCCN1C(=O)CCNC(=O)c1ccco1. The zero-order valence-corrected chi connectivity index (χ0v) is 12.0. The van der Waals surface area contributed by atoms with E-state index in [1.54, 1.807) is 6.07 Å². The van der Waals surface area contributed by atoms with Crippen LogP contribution in [0, 0.1) is 0 Å². The maximum absolute atomic E-state index is 12.2. The van der Waals surface area contributed by atoms with E-state index in [-0.39, 0.29) is 43.6 Å². The highest BCUT2D eigenvalue weighted by Gasteiger charge is 2.28. The Bertz CT molecular complexity index is 527. The lowest BCUT2D eigenvalue weighted by molar-refractivity contribution is -0.146. The molecular weight excluding hydrogens is 292 g/mol. The van der Waals surface area contributed by atoms with E-state index in [4.69, 9.17) is 14.3 Å². The van der Waals surface area contributed by atoms with Crippen LogP contribution in [0.25, 0.3) is 0 Å². The minimum absolute atomic E-state index is 0.0998. The molecule has 0 saturated carbocycles. The van der Waals surface area contributed by atoms with Gasteiger partial charge in [-0.3, -0.25) is 14.4 Å².